The molecule has 3 rings (SSSR count). The minimum absolute atomic E-state index is 0.352. The quantitative estimate of drug-likeness (QED) is 0.615. The van der Waals surface area contributed by atoms with E-state index in [4.69, 9.17) is 21.1 Å². The molecule has 0 N–H and O–H groups in total. The monoisotopic (exact) mass is 404 g/mol. The van der Waals surface area contributed by atoms with Crippen molar-refractivity contribution < 1.29 is 14.3 Å². The fourth-order valence-electron chi connectivity index (χ4n) is 2.57. The van der Waals surface area contributed by atoms with Crippen molar-refractivity contribution in [2.75, 3.05) is 13.7 Å². The van der Waals surface area contributed by atoms with Gasteiger partial charge in [-0.1, -0.05) is 35.1 Å². The van der Waals surface area contributed by atoms with Crippen LogP contribution in [-0.4, -0.2) is 29.8 Å². The molecule has 5 nitrogen and oxygen atoms in total. The standard InChI is InChI=1S/C20H21ClN2O3S/c1-20(2,26-15-10-8-14(21)9-11-15)18(24)22-19-23(12-13-25-3)16-6-4-5-7-17(16)27-19/h4-11H,12-13H2,1-3H3. The van der Waals surface area contributed by atoms with E-state index in [2.05, 4.69) is 4.99 Å². The number of methoxy groups -OCH3 is 1. The van der Waals surface area contributed by atoms with Gasteiger partial charge in [-0.2, -0.15) is 4.99 Å². The van der Waals surface area contributed by atoms with Crippen LogP contribution in [0.2, 0.25) is 5.02 Å². The van der Waals surface area contributed by atoms with Crippen molar-refractivity contribution in [3.63, 3.8) is 0 Å². The zero-order valence-corrected chi connectivity index (χ0v) is 17.0. The summed E-state index contributed by atoms with van der Waals surface area (Å²) in [5.41, 5.74) is -0.0779. The van der Waals surface area contributed by atoms with Gasteiger partial charge in [0.25, 0.3) is 5.91 Å². The molecule has 0 radical (unpaired) electrons. The van der Waals surface area contributed by atoms with Gasteiger partial charge >= 0.3 is 0 Å². The highest BCUT2D eigenvalue weighted by atomic mass is 35.5. The first-order valence-electron chi connectivity index (χ1n) is 8.52. The van der Waals surface area contributed by atoms with E-state index in [1.54, 1.807) is 45.2 Å². The smallest absolute Gasteiger partial charge is 0.291 e. The third-order valence-electron chi connectivity index (χ3n) is 4.01. The first-order valence-corrected chi connectivity index (χ1v) is 9.71. The normalized spacial score (nSPS) is 12.5. The number of hydrogen-bond acceptors (Lipinski definition) is 4. The summed E-state index contributed by atoms with van der Waals surface area (Å²) < 4.78 is 14.1. The van der Waals surface area contributed by atoms with Gasteiger partial charge in [-0.05, 0) is 50.2 Å². The first-order chi connectivity index (χ1) is 12.9. The maximum atomic E-state index is 12.9. The molecule has 0 unspecified atom stereocenters. The van der Waals surface area contributed by atoms with Gasteiger partial charge in [0.15, 0.2) is 10.4 Å². The van der Waals surface area contributed by atoms with Gasteiger partial charge in [-0.25, -0.2) is 0 Å². The molecule has 0 aliphatic carbocycles. The zero-order valence-electron chi connectivity index (χ0n) is 15.4. The Hall–Kier alpha value is -2.15. The van der Waals surface area contributed by atoms with Crippen LogP contribution in [0.3, 0.4) is 0 Å². The van der Waals surface area contributed by atoms with Crippen molar-refractivity contribution in [2.45, 2.75) is 26.0 Å². The fourth-order valence-corrected chi connectivity index (χ4v) is 3.75. The molecule has 0 saturated heterocycles. The summed E-state index contributed by atoms with van der Waals surface area (Å²) in [5, 5.41) is 0.612. The Kier molecular flexibility index (Phi) is 5.99. The van der Waals surface area contributed by atoms with Gasteiger partial charge in [0.05, 0.1) is 16.8 Å². The van der Waals surface area contributed by atoms with Crippen molar-refractivity contribution in [3.8, 4) is 5.75 Å². The maximum absolute atomic E-state index is 12.9. The highest BCUT2D eigenvalue weighted by Crippen LogP contribution is 2.22. The minimum Gasteiger partial charge on any atom is -0.478 e. The predicted molar refractivity (Wildman–Crippen MR) is 108 cm³/mol. The Morgan fingerprint density at radius 2 is 1.89 bits per heavy atom. The second-order valence-corrected chi connectivity index (χ2v) is 7.93. The lowest BCUT2D eigenvalue weighted by Gasteiger charge is -2.22. The summed E-state index contributed by atoms with van der Waals surface area (Å²) in [5.74, 6) is 0.215. The van der Waals surface area contributed by atoms with Crippen LogP contribution in [0.4, 0.5) is 0 Å². The third-order valence-corrected chi connectivity index (χ3v) is 5.32. The van der Waals surface area contributed by atoms with E-state index in [0.717, 1.165) is 10.2 Å². The lowest BCUT2D eigenvalue weighted by Crippen LogP contribution is -2.38. The van der Waals surface area contributed by atoms with Gasteiger partial charge in [-0.3, -0.25) is 4.79 Å². The maximum Gasteiger partial charge on any atom is 0.291 e. The van der Waals surface area contributed by atoms with E-state index in [9.17, 15) is 4.79 Å². The van der Waals surface area contributed by atoms with Gasteiger partial charge < -0.3 is 14.0 Å². The van der Waals surface area contributed by atoms with Crippen LogP contribution >= 0.6 is 22.9 Å². The molecule has 1 aromatic heterocycles. The molecule has 142 valence electrons. The number of benzene rings is 2. The Labute approximate surface area is 166 Å². The number of nitrogens with zero attached hydrogens (tertiary/aromatic N) is 2. The molecular weight excluding hydrogens is 384 g/mol. The van der Waals surface area contributed by atoms with Crippen LogP contribution in [0.25, 0.3) is 10.2 Å². The van der Waals surface area contributed by atoms with E-state index in [0.29, 0.717) is 28.7 Å². The van der Waals surface area contributed by atoms with E-state index in [1.807, 2.05) is 28.8 Å². The number of para-hydroxylation sites is 1. The number of hydrogen-bond donors (Lipinski definition) is 0. The molecule has 1 heterocycles. The molecule has 1 amide bonds. The van der Waals surface area contributed by atoms with Crippen molar-refractivity contribution in [3.05, 3.63) is 58.4 Å². The van der Waals surface area contributed by atoms with Crippen LogP contribution in [0.1, 0.15) is 13.8 Å². The molecule has 3 aromatic rings. The van der Waals surface area contributed by atoms with Crippen LogP contribution in [-0.2, 0) is 16.1 Å². The summed E-state index contributed by atoms with van der Waals surface area (Å²) in [7, 11) is 1.65. The number of carbonyl (C=O) groups is 1. The van der Waals surface area contributed by atoms with E-state index in [1.165, 1.54) is 11.3 Å². The predicted octanol–water partition coefficient (Wildman–Crippen LogP) is 4.29. The number of fused-ring (bicyclic) bond motifs is 1. The minimum atomic E-state index is -1.11. The van der Waals surface area contributed by atoms with E-state index < -0.39 is 5.60 Å². The molecule has 7 heteroatoms. The Balaban J connectivity index is 1.94. The molecule has 0 aliphatic heterocycles. The van der Waals surface area contributed by atoms with Gasteiger partial charge in [0.1, 0.15) is 5.75 Å². The Morgan fingerprint density at radius 1 is 1.19 bits per heavy atom. The van der Waals surface area contributed by atoms with Crippen molar-refractivity contribution >= 4 is 39.1 Å². The molecule has 0 saturated carbocycles. The van der Waals surface area contributed by atoms with Crippen LogP contribution in [0, 0.1) is 0 Å². The summed E-state index contributed by atoms with van der Waals surface area (Å²) in [6.45, 7) is 4.57. The summed E-state index contributed by atoms with van der Waals surface area (Å²) in [4.78, 5) is 17.9. The molecule has 0 bridgehead atoms. The average molecular weight is 405 g/mol. The number of halogens is 1. The van der Waals surface area contributed by atoms with Crippen LogP contribution in [0.5, 0.6) is 5.75 Å². The number of thiazole rings is 1. The Morgan fingerprint density at radius 3 is 2.59 bits per heavy atom. The first kappa shape index (κ1) is 19.6. The van der Waals surface area contributed by atoms with Crippen LogP contribution in [0.15, 0.2) is 53.5 Å². The van der Waals surface area contributed by atoms with Gasteiger partial charge in [0.2, 0.25) is 0 Å². The van der Waals surface area contributed by atoms with Gasteiger partial charge in [-0.15, -0.1) is 0 Å². The van der Waals surface area contributed by atoms with Gasteiger partial charge in [0, 0.05) is 18.7 Å². The van der Waals surface area contributed by atoms with Crippen molar-refractivity contribution in [1.82, 2.24) is 4.57 Å². The highest BCUT2D eigenvalue weighted by Gasteiger charge is 2.30. The second-order valence-electron chi connectivity index (χ2n) is 6.48. The second kappa shape index (κ2) is 8.25. The van der Waals surface area contributed by atoms with E-state index >= 15 is 0 Å². The molecule has 0 aliphatic rings. The molecule has 0 fully saturated rings. The molecule has 2 aromatic carbocycles. The van der Waals surface area contributed by atoms with Crippen LogP contribution < -0.4 is 9.54 Å². The number of carbonyl (C=O) groups excluding carboxylic acids is 1. The highest BCUT2D eigenvalue weighted by molar-refractivity contribution is 7.16. The number of ether oxygens (including phenoxy) is 2. The van der Waals surface area contributed by atoms with Crippen molar-refractivity contribution in [1.29, 1.82) is 0 Å². The lowest BCUT2D eigenvalue weighted by atomic mass is 10.1. The van der Waals surface area contributed by atoms with E-state index in [-0.39, 0.29) is 5.91 Å². The van der Waals surface area contributed by atoms with Crippen molar-refractivity contribution in [2.24, 2.45) is 4.99 Å². The summed E-state index contributed by atoms with van der Waals surface area (Å²) in [6, 6.07) is 14.9. The molecular formula is C20H21ClN2O3S. The fraction of sp³-hybridized carbons (Fsp3) is 0.300. The largest absolute Gasteiger partial charge is 0.478 e. The number of amides is 1. The molecule has 27 heavy (non-hydrogen) atoms. The summed E-state index contributed by atoms with van der Waals surface area (Å²) >= 11 is 7.37. The lowest BCUT2D eigenvalue weighted by molar-refractivity contribution is -0.130. The Bertz CT molecular complexity index is 1010. The number of aromatic nitrogens is 1. The molecule has 0 spiro atoms. The SMILES string of the molecule is COCCn1c(=NC(=O)C(C)(C)Oc2ccc(Cl)cc2)sc2ccccc21. The topological polar surface area (TPSA) is 52.8 Å². The summed E-state index contributed by atoms with van der Waals surface area (Å²) in [6.07, 6.45) is 0. The average Bonchev–Trinajstić information content (AvgIpc) is 2.98. The zero-order chi connectivity index (χ0) is 19.4. The third kappa shape index (κ3) is 4.58. The molecule has 0 atom stereocenters. The number of rotatable bonds is 6.